The lowest BCUT2D eigenvalue weighted by Crippen LogP contribution is -2.38. The van der Waals surface area contributed by atoms with Gasteiger partial charge >= 0.3 is 0 Å². The molecule has 0 saturated carbocycles. The molecule has 1 aromatic rings. The van der Waals surface area contributed by atoms with Crippen LogP contribution in [0.3, 0.4) is 0 Å². The highest BCUT2D eigenvalue weighted by atomic mass is 35.5. The van der Waals surface area contributed by atoms with Gasteiger partial charge in [0.2, 0.25) is 0 Å². The van der Waals surface area contributed by atoms with Crippen molar-refractivity contribution in [3.05, 3.63) is 34.9 Å². The lowest BCUT2D eigenvalue weighted by Gasteiger charge is -2.32. The minimum Gasteiger partial charge on any atom is -0.300 e. The van der Waals surface area contributed by atoms with Crippen molar-refractivity contribution in [3.63, 3.8) is 0 Å². The second kappa shape index (κ2) is 5.70. The first-order chi connectivity index (χ1) is 7.75. The van der Waals surface area contributed by atoms with Crippen LogP contribution in [0.2, 0.25) is 5.02 Å². The molecule has 1 aromatic carbocycles. The molecule has 88 valence electrons. The van der Waals surface area contributed by atoms with Gasteiger partial charge in [0, 0.05) is 11.1 Å². The summed E-state index contributed by atoms with van der Waals surface area (Å²) in [6, 6.07) is 8.91. The van der Waals surface area contributed by atoms with Crippen LogP contribution in [-0.4, -0.2) is 24.0 Å². The van der Waals surface area contributed by atoms with Gasteiger partial charge in [-0.1, -0.05) is 30.2 Å². The molecule has 1 aliphatic rings. The molecule has 1 nitrogen and oxygen atoms in total. The Morgan fingerprint density at radius 2 is 1.75 bits per heavy atom. The van der Waals surface area contributed by atoms with Crippen LogP contribution >= 0.6 is 11.6 Å². The first-order valence-electron chi connectivity index (χ1n) is 6.24. The van der Waals surface area contributed by atoms with Crippen LogP contribution in [0.4, 0.5) is 0 Å². The molecule has 0 aliphatic carbocycles. The van der Waals surface area contributed by atoms with Crippen molar-refractivity contribution in [2.24, 2.45) is 0 Å². The molecule has 0 bridgehead atoms. The number of hydrogen-bond donors (Lipinski definition) is 0. The number of hydrogen-bond acceptors (Lipinski definition) is 1. The van der Waals surface area contributed by atoms with Crippen LogP contribution in [0.5, 0.6) is 0 Å². The minimum atomic E-state index is 0.654. The van der Waals surface area contributed by atoms with Crippen molar-refractivity contribution in [1.82, 2.24) is 4.90 Å². The quantitative estimate of drug-likeness (QED) is 0.774. The van der Waals surface area contributed by atoms with Gasteiger partial charge in [0.1, 0.15) is 0 Å². The fourth-order valence-corrected chi connectivity index (χ4v) is 2.58. The van der Waals surface area contributed by atoms with Crippen molar-refractivity contribution >= 4 is 11.6 Å². The molecule has 1 aliphatic heterocycles. The largest absolute Gasteiger partial charge is 0.300 e. The average Bonchev–Trinajstić information content (AvgIpc) is 2.33. The normalized spacial score (nSPS) is 19.6. The highest BCUT2D eigenvalue weighted by molar-refractivity contribution is 6.30. The van der Waals surface area contributed by atoms with Gasteiger partial charge in [-0.15, -0.1) is 0 Å². The zero-order chi connectivity index (χ0) is 11.4. The zero-order valence-corrected chi connectivity index (χ0v) is 10.7. The number of halogens is 1. The standard InChI is InChI=1S/C14H20ClN/c1-12(16-9-3-2-4-10-16)11-13-5-7-14(15)8-6-13/h5-8,12H,2-4,9-11H2,1H3. The molecule has 0 spiro atoms. The Morgan fingerprint density at radius 1 is 1.12 bits per heavy atom. The summed E-state index contributed by atoms with van der Waals surface area (Å²) in [6.45, 7) is 4.88. The maximum atomic E-state index is 5.89. The number of nitrogens with zero attached hydrogens (tertiary/aromatic N) is 1. The van der Waals surface area contributed by atoms with E-state index in [0.29, 0.717) is 6.04 Å². The van der Waals surface area contributed by atoms with E-state index in [9.17, 15) is 0 Å². The second-order valence-electron chi connectivity index (χ2n) is 4.78. The SMILES string of the molecule is CC(Cc1ccc(Cl)cc1)N1CCCCC1. The lowest BCUT2D eigenvalue weighted by molar-refractivity contribution is 0.173. The third-order valence-corrected chi connectivity index (χ3v) is 3.71. The molecule has 0 radical (unpaired) electrons. The van der Waals surface area contributed by atoms with Crippen molar-refractivity contribution in [2.75, 3.05) is 13.1 Å². The van der Waals surface area contributed by atoms with Gasteiger partial charge in [0.05, 0.1) is 0 Å². The second-order valence-corrected chi connectivity index (χ2v) is 5.21. The molecule has 2 heteroatoms. The zero-order valence-electron chi connectivity index (χ0n) is 9.95. The van der Waals surface area contributed by atoms with Crippen LogP contribution in [0.25, 0.3) is 0 Å². The van der Waals surface area contributed by atoms with E-state index in [2.05, 4.69) is 24.0 Å². The summed E-state index contributed by atoms with van der Waals surface area (Å²) in [7, 11) is 0. The van der Waals surface area contributed by atoms with Gasteiger partial charge in [0.15, 0.2) is 0 Å². The highest BCUT2D eigenvalue weighted by Crippen LogP contribution is 2.16. The van der Waals surface area contributed by atoms with E-state index in [1.807, 2.05) is 12.1 Å². The summed E-state index contributed by atoms with van der Waals surface area (Å²) in [5, 5.41) is 0.828. The Balaban J connectivity index is 1.90. The van der Waals surface area contributed by atoms with Gasteiger partial charge in [0.25, 0.3) is 0 Å². The Hall–Kier alpha value is -0.530. The number of rotatable bonds is 3. The maximum absolute atomic E-state index is 5.89. The topological polar surface area (TPSA) is 3.24 Å². The van der Waals surface area contributed by atoms with Crippen molar-refractivity contribution in [1.29, 1.82) is 0 Å². The van der Waals surface area contributed by atoms with Crippen LogP contribution in [-0.2, 0) is 6.42 Å². The molecule has 1 saturated heterocycles. The van der Waals surface area contributed by atoms with Gasteiger partial charge in [-0.2, -0.15) is 0 Å². The summed E-state index contributed by atoms with van der Waals surface area (Å²) in [6.07, 6.45) is 5.28. The third-order valence-electron chi connectivity index (χ3n) is 3.46. The predicted octanol–water partition coefficient (Wildman–Crippen LogP) is 3.76. The first-order valence-corrected chi connectivity index (χ1v) is 6.62. The maximum Gasteiger partial charge on any atom is 0.0406 e. The summed E-state index contributed by atoms with van der Waals surface area (Å²) < 4.78 is 0. The Labute approximate surface area is 103 Å². The van der Waals surface area contributed by atoms with E-state index in [4.69, 9.17) is 11.6 Å². The van der Waals surface area contributed by atoms with Crippen molar-refractivity contribution < 1.29 is 0 Å². The van der Waals surface area contributed by atoms with Gasteiger partial charge in [-0.3, -0.25) is 0 Å². The lowest BCUT2D eigenvalue weighted by atomic mass is 10.0. The third kappa shape index (κ3) is 3.23. The first kappa shape index (κ1) is 11.9. The summed E-state index contributed by atoms with van der Waals surface area (Å²) in [5.74, 6) is 0. The molecule has 1 unspecified atom stereocenters. The summed E-state index contributed by atoms with van der Waals surface area (Å²) in [5.41, 5.74) is 1.39. The molecule has 0 N–H and O–H groups in total. The smallest absolute Gasteiger partial charge is 0.0406 e. The molecular weight excluding hydrogens is 218 g/mol. The Bertz CT molecular complexity index is 314. The van der Waals surface area contributed by atoms with E-state index in [0.717, 1.165) is 11.4 Å². The van der Waals surface area contributed by atoms with E-state index in [1.165, 1.54) is 37.9 Å². The average molecular weight is 238 g/mol. The Morgan fingerprint density at radius 3 is 2.38 bits per heavy atom. The van der Waals surface area contributed by atoms with Gasteiger partial charge < -0.3 is 4.90 Å². The fraction of sp³-hybridized carbons (Fsp3) is 0.571. The monoisotopic (exact) mass is 237 g/mol. The predicted molar refractivity (Wildman–Crippen MR) is 70.0 cm³/mol. The summed E-state index contributed by atoms with van der Waals surface area (Å²) in [4.78, 5) is 2.61. The molecule has 1 heterocycles. The minimum absolute atomic E-state index is 0.654. The number of piperidine rings is 1. The van der Waals surface area contributed by atoms with E-state index in [1.54, 1.807) is 0 Å². The summed E-state index contributed by atoms with van der Waals surface area (Å²) >= 11 is 5.89. The van der Waals surface area contributed by atoms with E-state index >= 15 is 0 Å². The van der Waals surface area contributed by atoms with Crippen LogP contribution in [0.15, 0.2) is 24.3 Å². The fourth-order valence-electron chi connectivity index (χ4n) is 2.45. The molecule has 0 aromatic heterocycles. The van der Waals surface area contributed by atoms with Crippen LogP contribution in [0.1, 0.15) is 31.7 Å². The molecule has 0 amide bonds. The van der Waals surface area contributed by atoms with Crippen molar-refractivity contribution in [2.45, 2.75) is 38.6 Å². The van der Waals surface area contributed by atoms with Gasteiger partial charge in [-0.05, 0) is 57.0 Å². The van der Waals surface area contributed by atoms with Crippen LogP contribution < -0.4 is 0 Å². The Kier molecular flexibility index (Phi) is 4.25. The number of likely N-dealkylation sites (tertiary alicyclic amines) is 1. The van der Waals surface area contributed by atoms with Crippen LogP contribution in [0, 0.1) is 0 Å². The molecule has 16 heavy (non-hydrogen) atoms. The van der Waals surface area contributed by atoms with E-state index < -0.39 is 0 Å². The number of benzene rings is 1. The molecule has 2 rings (SSSR count). The molecule has 1 atom stereocenters. The molecular formula is C14H20ClN. The van der Waals surface area contributed by atoms with E-state index in [-0.39, 0.29) is 0 Å². The van der Waals surface area contributed by atoms with Crippen molar-refractivity contribution in [3.8, 4) is 0 Å². The van der Waals surface area contributed by atoms with Gasteiger partial charge in [-0.25, -0.2) is 0 Å². The molecule has 1 fully saturated rings. The highest BCUT2D eigenvalue weighted by Gasteiger charge is 2.16.